The quantitative estimate of drug-likeness (QED) is 0.695. The first-order chi connectivity index (χ1) is 8.46. The Morgan fingerprint density at radius 3 is 1.28 bits per heavy atom. The maximum atomic E-state index is 6.73. The van der Waals surface area contributed by atoms with Crippen molar-refractivity contribution >= 4 is 34.8 Å². The number of hydrogen-bond acceptors (Lipinski definition) is 1. The second kappa shape index (κ2) is 6.08. The number of alkyl halides is 3. The predicted octanol–water partition coefficient (Wildman–Crippen LogP) is 5.21. The van der Waals surface area contributed by atoms with Crippen molar-refractivity contribution in [1.29, 1.82) is 0 Å². The van der Waals surface area contributed by atoms with Crippen LogP contribution in [0.5, 0.6) is 0 Å². The Balaban J connectivity index is 2.21. The molecular weight excluding hydrogens is 289 g/mol. The zero-order valence-electron chi connectivity index (χ0n) is 10.9. The molecule has 18 heavy (non-hydrogen) atoms. The van der Waals surface area contributed by atoms with Gasteiger partial charge in [-0.3, -0.25) is 0 Å². The molecule has 0 amide bonds. The van der Waals surface area contributed by atoms with Gasteiger partial charge in [0.1, 0.15) is 0 Å². The lowest BCUT2D eigenvalue weighted by Crippen LogP contribution is -2.63. The van der Waals surface area contributed by atoms with Gasteiger partial charge in [-0.2, -0.15) is 0 Å². The van der Waals surface area contributed by atoms with E-state index in [2.05, 4.69) is 0 Å². The second-order valence-electron chi connectivity index (χ2n) is 6.10. The molecule has 0 atom stereocenters. The third kappa shape index (κ3) is 2.95. The molecule has 0 aliphatic heterocycles. The molecule has 0 aromatic rings. The molecule has 0 spiro atoms. The van der Waals surface area contributed by atoms with E-state index >= 15 is 0 Å². The van der Waals surface area contributed by atoms with Crippen LogP contribution in [0, 0.1) is 11.8 Å². The average Bonchev–Trinajstić information content (AvgIpc) is 2.38. The highest BCUT2D eigenvalue weighted by Gasteiger charge is 2.55. The maximum absolute atomic E-state index is 6.73. The lowest BCUT2D eigenvalue weighted by Gasteiger charge is -2.50. The van der Waals surface area contributed by atoms with Crippen LogP contribution in [-0.4, -0.2) is 9.33 Å². The first kappa shape index (κ1) is 15.2. The largest absolute Gasteiger partial charge is 0.321 e. The summed E-state index contributed by atoms with van der Waals surface area (Å²) in [6, 6.07) is 0. The molecule has 2 saturated carbocycles. The van der Waals surface area contributed by atoms with Crippen LogP contribution in [0.15, 0.2) is 0 Å². The Morgan fingerprint density at radius 1 is 0.667 bits per heavy atom. The van der Waals surface area contributed by atoms with Crippen molar-refractivity contribution < 1.29 is 0 Å². The minimum Gasteiger partial charge on any atom is -0.321 e. The van der Waals surface area contributed by atoms with Crippen molar-refractivity contribution in [2.45, 2.75) is 73.5 Å². The summed E-state index contributed by atoms with van der Waals surface area (Å²) in [7, 11) is 0. The average molecular weight is 313 g/mol. The molecular formula is C14H24Cl3N. The Morgan fingerprint density at radius 2 is 1.00 bits per heavy atom. The highest BCUT2D eigenvalue weighted by molar-refractivity contribution is 6.68. The molecule has 0 aromatic heterocycles. The van der Waals surface area contributed by atoms with E-state index < -0.39 is 9.33 Å². The normalized spacial score (nSPS) is 25.3. The van der Waals surface area contributed by atoms with E-state index in [1.807, 2.05) is 0 Å². The molecule has 2 fully saturated rings. The molecule has 2 N–H and O–H groups in total. The van der Waals surface area contributed by atoms with Gasteiger partial charge in [-0.15, -0.1) is 0 Å². The van der Waals surface area contributed by atoms with Gasteiger partial charge in [0, 0.05) is 0 Å². The number of hydrogen-bond donors (Lipinski definition) is 1. The summed E-state index contributed by atoms with van der Waals surface area (Å²) in [6.45, 7) is 0. The van der Waals surface area contributed by atoms with Gasteiger partial charge >= 0.3 is 0 Å². The minimum atomic E-state index is -1.34. The van der Waals surface area contributed by atoms with E-state index in [0.29, 0.717) is 11.8 Å². The van der Waals surface area contributed by atoms with E-state index in [1.165, 1.54) is 38.5 Å². The lowest BCUT2D eigenvalue weighted by molar-refractivity contribution is 0.108. The molecule has 4 heteroatoms. The number of nitrogens with two attached hydrogens (primary N) is 1. The Hall–Kier alpha value is 0.830. The standard InChI is InChI=1S/C14H24Cl3N/c15-14(16,17)13(18,11-7-3-1-4-8-11)12-9-5-2-6-10-12/h11-12H,1-10,18H2. The summed E-state index contributed by atoms with van der Waals surface area (Å²) in [5.74, 6) is 0.753. The third-order valence-electron chi connectivity index (χ3n) is 5.05. The Kier molecular flexibility index (Phi) is 5.14. The van der Waals surface area contributed by atoms with Crippen molar-refractivity contribution in [3.8, 4) is 0 Å². The molecule has 2 aliphatic carbocycles. The zero-order valence-corrected chi connectivity index (χ0v) is 13.2. The van der Waals surface area contributed by atoms with E-state index in [9.17, 15) is 0 Å². The van der Waals surface area contributed by atoms with Gasteiger partial charge in [-0.25, -0.2) is 0 Å². The fourth-order valence-corrected chi connectivity index (χ4v) is 4.88. The van der Waals surface area contributed by atoms with E-state index in [-0.39, 0.29) is 0 Å². The van der Waals surface area contributed by atoms with Crippen LogP contribution in [0.1, 0.15) is 64.2 Å². The van der Waals surface area contributed by atoms with Crippen molar-refractivity contribution in [1.82, 2.24) is 0 Å². The van der Waals surface area contributed by atoms with Gasteiger partial charge in [0.25, 0.3) is 0 Å². The van der Waals surface area contributed by atoms with Gasteiger partial charge in [-0.1, -0.05) is 73.3 Å². The summed E-state index contributed by atoms with van der Waals surface area (Å²) >= 11 is 18.9. The molecule has 0 aromatic carbocycles. The van der Waals surface area contributed by atoms with E-state index in [0.717, 1.165) is 25.7 Å². The number of rotatable bonds is 2. The van der Waals surface area contributed by atoms with Crippen LogP contribution in [0.4, 0.5) is 0 Å². The highest BCUT2D eigenvalue weighted by atomic mass is 35.6. The topological polar surface area (TPSA) is 26.0 Å². The molecule has 106 valence electrons. The van der Waals surface area contributed by atoms with Crippen molar-refractivity contribution in [3.63, 3.8) is 0 Å². The minimum absolute atomic E-state index is 0.377. The van der Waals surface area contributed by atoms with Crippen LogP contribution in [0.3, 0.4) is 0 Å². The smallest absolute Gasteiger partial charge is 0.208 e. The van der Waals surface area contributed by atoms with Gasteiger partial charge in [-0.05, 0) is 37.5 Å². The molecule has 2 rings (SSSR count). The molecule has 0 radical (unpaired) electrons. The fourth-order valence-electron chi connectivity index (χ4n) is 3.96. The predicted molar refractivity (Wildman–Crippen MR) is 80.4 cm³/mol. The zero-order chi connectivity index (χ0) is 13.2. The summed E-state index contributed by atoms with van der Waals surface area (Å²) in [6.07, 6.45) is 12.0. The molecule has 2 aliphatic rings. The summed E-state index contributed by atoms with van der Waals surface area (Å²) in [5, 5.41) is 0. The summed E-state index contributed by atoms with van der Waals surface area (Å²) in [4.78, 5) is 0. The number of halogens is 3. The summed E-state index contributed by atoms with van der Waals surface area (Å²) < 4.78 is -1.34. The first-order valence-electron chi connectivity index (χ1n) is 7.32. The van der Waals surface area contributed by atoms with Crippen LogP contribution in [0.25, 0.3) is 0 Å². The lowest BCUT2D eigenvalue weighted by atomic mass is 9.65. The van der Waals surface area contributed by atoms with Crippen molar-refractivity contribution in [2.24, 2.45) is 17.6 Å². The van der Waals surface area contributed by atoms with Crippen LogP contribution < -0.4 is 5.73 Å². The highest BCUT2D eigenvalue weighted by Crippen LogP contribution is 2.52. The van der Waals surface area contributed by atoms with Gasteiger partial charge in [0.05, 0.1) is 5.54 Å². The van der Waals surface area contributed by atoms with E-state index in [1.54, 1.807) is 0 Å². The van der Waals surface area contributed by atoms with Crippen molar-refractivity contribution in [2.75, 3.05) is 0 Å². The van der Waals surface area contributed by atoms with E-state index in [4.69, 9.17) is 40.5 Å². The second-order valence-corrected chi connectivity index (χ2v) is 8.38. The summed E-state index contributed by atoms with van der Waals surface area (Å²) in [5.41, 5.74) is 6.10. The van der Waals surface area contributed by atoms with Gasteiger partial charge < -0.3 is 5.73 Å². The first-order valence-corrected chi connectivity index (χ1v) is 8.45. The Bertz CT molecular complexity index is 245. The van der Waals surface area contributed by atoms with Crippen LogP contribution in [0.2, 0.25) is 0 Å². The molecule has 0 unspecified atom stereocenters. The van der Waals surface area contributed by atoms with Gasteiger partial charge in [0.15, 0.2) is 0 Å². The SMILES string of the molecule is NC(C1CCCCC1)(C1CCCCC1)C(Cl)(Cl)Cl. The molecule has 0 bridgehead atoms. The maximum Gasteiger partial charge on any atom is 0.208 e. The monoisotopic (exact) mass is 311 g/mol. The van der Waals surface area contributed by atoms with Crippen molar-refractivity contribution in [3.05, 3.63) is 0 Å². The fraction of sp³-hybridized carbons (Fsp3) is 1.00. The molecule has 1 nitrogen and oxygen atoms in total. The Labute approximate surface area is 126 Å². The third-order valence-corrected chi connectivity index (χ3v) is 6.03. The van der Waals surface area contributed by atoms with Crippen LogP contribution in [-0.2, 0) is 0 Å². The molecule has 0 saturated heterocycles. The molecule has 0 heterocycles. The van der Waals surface area contributed by atoms with Gasteiger partial charge in [0.2, 0.25) is 3.79 Å². The van der Waals surface area contributed by atoms with Crippen LogP contribution >= 0.6 is 34.8 Å².